The summed E-state index contributed by atoms with van der Waals surface area (Å²) >= 11 is 1.73. The van der Waals surface area contributed by atoms with Crippen LogP contribution in [-0.2, 0) is 11.3 Å². The number of amides is 3. The van der Waals surface area contributed by atoms with Gasteiger partial charge in [0.15, 0.2) is 0 Å². The van der Waals surface area contributed by atoms with E-state index in [2.05, 4.69) is 27.0 Å². The van der Waals surface area contributed by atoms with E-state index in [4.69, 9.17) is 5.73 Å². The lowest BCUT2D eigenvalue weighted by Crippen LogP contribution is -2.48. The first kappa shape index (κ1) is 17.7. The molecule has 1 aromatic rings. The maximum Gasteiger partial charge on any atom is 0.312 e. The molecule has 0 aliphatic carbocycles. The lowest BCUT2D eigenvalue weighted by Gasteiger charge is -2.34. The predicted molar refractivity (Wildman–Crippen MR) is 92.2 cm³/mol. The predicted octanol–water partition coefficient (Wildman–Crippen LogP) is 1.62. The number of carbonyl (C=O) groups excluding carboxylic acids is 2. The van der Waals surface area contributed by atoms with E-state index in [-0.39, 0.29) is 5.91 Å². The fourth-order valence-corrected chi connectivity index (χ4v) is 3.40. The number of nitrogens with two attached hydrogens (primary N) is 1. The van der Waals surface area contributed by atoms with E-state index in [1.54, 1.807) is 11.3 Å². The van der Waals surface area contributed by atoms with Crippen LogP contribution in [0.25, 0.3) is 0 Å². The Bertz CT molecular complexity index is 484. The Morgan fingerprint density at radius 1 is 1.17 bits per heavy atom. The molecule has 1 fully saturated rings. The number of rotatable bonds is 8. The molecule has 1 aliphatic heterocycles. The van der Waals surface area contributed by atoms with Crippen molar-refractivity contribution >= 4 is 23.3 Å². The molecule has 2 heterocycles. The third-order valence-corrected chi connectivity index (χ3v) is 4.81. The minimum Gasteiger partial charge on any atom is -0.352 e. The van der Waals surface area contributed by atoms with Crippen molar-refractivity contribution in [3.8, 4) is 0 Å². The number of thiophene rings is 1. The van der Waals surface area contributed by atoms with Crippen LogP contribution in [0.15, 0.2) is 16.8 Å². The topological polar surface area (TPSA) is 78.7 Å². The number of hydrogen-bond acceptors (Lipinski definition) is 4. The summed E-state index contributed by atoms with van der Waals surface area (Å²) in [6.45, 7) is 5.12. The van der Waals surface area contributed by atoms with Gasteiger partial charge in [-0.25, -0.2) is 4.79 Å². The highest BCUT2D eigenvalue weighted by Gasteiger charge is 2.20. The van der Waals surface area contributed by atoms with E-state index in [0.29, 0.717) is 13.0 Å². The first-order valence-electron chi connectivity index (χ1n) is 8.19. The molecule has 1 aromatic heterocycles. The summed E-state index contributed by atoms with van der Waals surface area (Å²) in [5.74, 6) is 0.253. The first-order valence-corrected chi connectivity index (χ1v) is 9.14. The van der Waals surface area contributed by atoms with Crippen LogP contribution in [-0.4, -0.2) is 54.5 Å². The van der Waals surface area contributed by atoms with Gasteiger partial charge in [-0.15, -0.1) is 0 Å². The van der Waals surface area contributed by atoms with Gasteiger partial charge in [0.1, 0.15) is 0 Å². The Morgan fingerprint density at radius 2 is 1.96 bits per heavy atom. The Hall–Kier alpha value is -1.60. The Balaban J connectivity index is 1.55. The Morgan fingerprint density at radius 3 is 2.61 bits per heavy atom. The van der Waals surface area contributed by atoms with Crippen LogP contribution in [0.5, 0.6) is 0 Å². The molecular weight excluding hydrogens is 312 g/mol. The molecule has 3 N–H and O–H groups in total. The molecular formula is C16H26N4O2S. The van der Waals surface area contributed by atoms with Gasteiger partial charge in [0.05, 0.1) is 0 Å². The van der Waals surface area contributed by atoms with Gasteiger partial charge in [0, 0.05) is 45.7 Å². The van der Waals surface area contributed by atoms with E-state index < -0.39 is 6.03 Å². The zero-order valence-corrected chi connectivity index (χ0v) is 14.3. The number of unbranched alkanes of at least 4 members (excludes halogenated alkanes) is 2. The summed E-state index contributed by atoms with van der Waals surface area (Å²) in [4.78, 5) is 27.1. The maximum atomic E-state index is 12.2. The number of nitrogens with one attached hydrogen (secondary N) is 1. The van der Waals surface area contributed by atoms with Crippen molar-refractivity contribution in [2.45, 2.75) is 32.2 Å². The van der Waals surface area contributed by atoms with Gasteiger partial charge in [-0.05, 0) is 35.2 Å². The van der Waals surface area contributed by atoms with Crippen molar-refractivity contribution in [2.75, 3.05) is 32.7 Å². The molecule has 2 rings (SSSR count). The molecule has 128 valence electrons. The van der Waals surface area contributed by atoms with Crippen LogP contribution in [0.3, 0.4) is 0 Å². The molecule has 0 unspecified atom stereocenters. The zero-order chi connectivity index (χ0) is 16.5. The average Bonchev–Trinajstić information content (AvgIpc) is 3.04. The molecule has 1 aliphatic rings. The highest BCUT2D eigenvalue weighted by atomic mass is 32.1. The number of nitrogens with zero attached hydrogens (tertiary/aromatic N) is 2. The monoisotopic (exact) mass is 338 g/mol. The quantitative estimate of drug-likeness (QED) is 0.707. The molecule has 0 atom stereocenters. The van der Waals surface area contributed by atoms with E-state index in [0.717, 1.165) is 52.0 Å². The minimum absolute atomic E-state index is 0.253. The molecule has 0 aromatic carbocycles. The number of hydrogen-bond donors (Lipinski definition) is 2. The number of urea groups is 1. The van der Waals surface area contributed by atoms with Gasteiger partial charge in [0.2, 0.25) is 5.91 Å². The van der Waals surface area contributed by atoms with E-state index in [9.17, 15) is 9.59 Å². The third kappa shape index (κ3) is 6.58. The summed E-state index contributed by atoms with van der Waals surface area (Å²) in [6.07, 6.45) is 3.27. The van der Waals surface area contributed by atoms with Gasteiger partial charge in [0.25, 0.3) is 0 Å². The molecule has 6 nitrogen and oxygen atoms in total. The third-order valence-electron chi connectivity index (χ3n) is 4.08. The molecule has 23 heavy (non-hydrogen) atoms. The second-order valence-electron chi connectivity index (χ2n) is 5.89. The van der Waals surface area contributed by atoms with Crippen LogP contribution in [0, 0.1) is 0 Å². The smallest absolute Gasteiger partial charge is 0.312 e. The lowest BCUT2D eigenvalue weighted by atomic mass is 10.1. The molecule has 0 saturated carbocycles. The fraction of sp³-hybridized carbons (Fsp3) is 0.625. The van der Waals surface area contributed by atoms with Crippen LogP contribution in [0.4, 0.5) is 4.79 Å². The van der Waals surface area contributed by atoms with Crippen LogP contribution in [0.1, 0.15) is 31.2 Å². The van der Waals surface area contributed by atoms with Crippen molar-refractivity contribution in [2.24, 2.45) is 5.73 Å². The number of carbonyl (C=O) groups is 2. The summed E-state index contributed by atoms with van der Waals surface area (Å²) in [7, 11) is 0. The molecule has 1 saturated heterocycles. The van der Waals surface area contributed by atoms with Gasteiger partial charge >= 0.3 is 6.03 Å². The second-order valence-corrected chi connectivity index (χ2v) is 6.67. The Labute approximate surface area is 141 Å². The molecule has 3 amide bonds. The fourth-order valence-electron chi connectivity index (χ4n) is 2.74. The van der Waals surface area contributed by atoms with Crippen molar-refractivity contribution in [1.82, 2.24) is 15.1 Å². The van der Waals surface area contributed by atoms with Gasteiger partial charge in [-0.2, -0.15) is 11.3 Å². The first-order chi connectivity index (χ1) is 11.1. The van der Waals surface area contributed by atoms with Crippen LogP contribution in [0.2, 0.25) is 0 Å². The van der Waals surface area contributed by atoms with Crippen molar-refractivity contribution in [1.29, 1.82) is 0 Å². The van der Waals surface area contributed by atoms with Gasteiger partial charge in [-0.3, -0.25) is 9.69 Å². The minimum atomic E-state index is -0.485. The largest absolute Gasteiger partial charge is 0.352 e. The lowest BCUT2D eigenvalue weighted by molar-refractivity contribution is -0.133. The van der Waals surface area contributed by atoms with Gasteiger partial charge < -0.3 is 16.0 Å². The molecule has 0 bridgehead atoms. The highest BCUT2D eigenvalue weighted by molar-refractivity contribution is 7.07. The summed E-state index contributed by atoms with van der Waals surface area (Å²) in [5.41, 5.74) is 6.35. The van der Waals surface area contributed by atoms with Crippen LogP contribution < -0.4 is 11.1 Å². The maximum absolute atomic E-state index is 12.2. The SMILES string of the molecule is NC(=O)NCCCCCC(=O)N1CCN(Cc2ccsc2)CC1. The summed E-state index contributed by atoms with van der Waals surface area (Å²) in [5, 5.41) is 6.85. The van der Waals surface area contributed by atoms with Gasteiger partial charge in [-0.1, -0.05) is 6.42 Å². The van der Waals surface area contributed by atoms with E-state index >= 15 is 0 Å². The number of primary amides is 1. The molecule has 0 spiro atoms. The second kappa shape index (κ2) is 9.52. The Kier molecular flexibility index (Phi) is 7.35. The standard InChI is InChI=1S/C16H26N4O2S/c17-16(22)18-6-3-1-2-4-15(21)20-9-7-19(8-10-20)12-14-5-11-23-13-14/h5,11,13H,1-4,6-10,12H2,(H3,17,18,22). The molecule has 0 radical (unpaired) electrons. The van der Waals surface area contributed by atoms with Crippen molar-refractivity contribution < 1.29 is 9.59 Å². The van der Waals surface area contributed by atoms with Crippen molar-refractivity contribution in [3.63, 3.8) is 0 Å². The number of piperazine rings is 1. The zero-order valence-electron chi connectivity index (χ0n) is 13.5. The summed E-state index contributed by atoms with van der Waals surface area (Å²) < 4.78 is 0. The van der Waals surface area contributed by atoms with E-state index in [1.807, 2.05) is 4.90 Å². The normalized spacial score (nSPS) is 15.6. The highest BCUT2D eigenvalue weighted by Crippen LogP contribution is 2.12. The summed E-state index contributed by atoms with van der Waals surface area (Å²) in [6, 6.07) is 1.68. The van der Waals surface area contributed by atoms with Crippen LogP contribution >= 0.6 is 11.3 Å². The van der Waals surface area contributed by atoms with Crippen molar-refractivity contribution in [3.05, 3.63) is 22.4 Å². The van der Waals surface area contributed by atoms with E-state index in [1.165, 1.54) is 5.56 Å². The average molecular weight is 338 g/mol. The molecule has 7 heteroatoms.